The van der Waals surface area contributed by atoms with E-state index in [0.717, 1.165) is 22.5 Å². The van der Waals surface area contributed by atoms with Crippen molar-refractivity contribution < 1.29 is 10.2 Å². The first-order valence-corrected chi connectivity index (χ1v) is 7.52. The molecule has 2 aromatic carbocycles. The molecule has 0 heterocycles. The normalized spacial score (nSPS) is 13.5. The summed E-state index contributed by atoms with van der Waals surface area (Å²) in [4.78, 5) is 0. The van der Waals surface area contributed by atoms with Gasteiger partial charge < -0.3 is 20.8 Å². The van der Waals surface area contributed by atoms with Gasteiger partial charge in [0.25, 0.3) is 0 Å². The van der Waals surface area contributed by atoms with E-state index in [9.17, 15) is 10.2 Å². The molecular weight excluding hydrogens is 276 g/mol. The van der Waals surface area contributed by atoms with Gasteiger partial charge >= 0.3 is 0 Å². The number of aliphatic hydroxyl groups excluding tert-OH is 2. The van der Waals surface area contributed by atoms with Crippen LogP contribution in [0.3, 0.4) is 0 Å². The SMILES string of the molecule is Cc1cccc(NCC(O)C(O)CNc2cccc(C)c2)c1. The number of anilines is 2. The van der Waals surface area contributed by atoms with Crippen molar-refractivity contribution in [2.24, 2.45) is 0 Å². The van der Waals surface area contributed by atoms with Crippen LogP contribution in [0.15, 0.2) is 48.5 Å². The molecule has 2 rings (SSSR count). The second-order valence-corrected chi connectivity index (χ2v) is 5.64. The number of rotatable bonds is 7. The molecule has 0 aliphatic heterocycles. The average molecular weight is 300 g/mol. The van der Waals surface area contributed by atoms with Crippen molar-refractivity contribution in [2.45, 2.75) is 26.1 Å². The van der Waals surface area contributed by atoms with Crippen molar-refractivity contribution in [2.75, 3.05) is 23.7 Å². The fourth-order valence-electron chi connectivity index (χ4n) is 2.23. The highest BCUT2D eigenvalue weighted by Crippen LogP contribution is 2.11. The molecule has 0 spiro atoms. The molecule has 0 bridgehead atoms. The Balaban J connectivity index is 1.78. The first kappa shape index (κ1) is 16.3. The highest BCUT2D eigenvalue weighted by atomic mass is 16.3. The van der Waals surface area contributed by atoms with Gasteiger partial charge in [-0.3, -0.25) is 0 Å². The first-order valence-electron chi connectivity index (χ1n) is 7.52. The summed E-state index contributed by atoms with van der Waals surface area (Å²) in [5.74, 6) is 0. The van der Waals surface area contributed by atoms with Crippen LogP contribution < -0.4 is 10.6 Å². The van der Waals surface area contributed by atoms with Gasteiger partial charge in [-0.15, -0.1) is 0 Å². The maximum Gasteiger partial charge on any atom is 0.0988 e. The monoisotopic (exact) mass is 300 g/mol. The number of hydrogen-bond donors (Lipinski definition) is 4. The molecule has 4 N–H and O–H groups in total. The van der Waals surface area contributed by atoms with Gasteiger partial charge in [0.1, 0.15) is 0 Å². The summed E-state index contributed by atoms with van der Waals surface area (Å²) in [5, 5.41) is 26.3. The number of aliphatic hydroxyl groups is 2. The van der Waals surface area contributed by atoms with Crippen molar-refractivity contribution in [1.29, 1.82) is 0 Å². The minimum absolute atomic E-state index is 0.306. The molecule has 118 valence electrons. The Bertz CT molecular complexity index is 548. The van der Waals surface area contributed by atoms with E-state index in [2.05, 4.69) is 10.6 Å². The number of benzene rings is 2. The summed E-state index contributed by atoms with van der Waals surface area (Å²) in [6.45, 7) is 4.64. The van der Waals surface area contributed by atoms with Gasteiger partial charge in [-0.25, -0.2) is 0 Å². The van der Waals surface area contributed by atoms with Gasteiger partial charge in [0.15, 0.2) is 0 Å². The Labute approximate surface area is 131 Å². The Morgan fingerprint density at radius 1 is 0.773 bits per heavy atom. The van der Waals surface area contributed by atoms with Crippen LogP contribution in [0.1, 0.15) is 11.1 Å². The van der Waals surface area contributed by atoms with Gasteiger partial charge in [0.05, 0.1) is 12.2 Å². The van der Waals surface area contributed by atoms with E-state index >= 15 is 0 Å². The lowest BCUT2D eigenvalue weighted by molar-refractivity contribution is 0.0363. The van der Waals surface area contributed by atoms with E-state index in [-0.39, 0.29) is 0 Å². The molecule has 2 atom stereocenters. The first-order chi connectivity index (χ1) is 10.5. The highest BCUT2D eigenvalue weighted by molar-refractivity contribution is 5.46. The topological polar surface area (TPSA) is 64.5 Å². The van der Waals surface area contributed by atoms with Crippen molar-refractivity contribution in [3.8, 4) is 0 Å². The molecule has 22 heavy (non-hydrogen) atoms. The van der Waals surface area contributed by atoms with Crippen LogP contribution >= 0.6 is 0 Å². The van der Waals surface area contributed by atoms with Crippen molar-refractivity contribution in [3.05, 3.63) is 59.7 Å². The molecule has 0 aliphatic rings. The predicted octanol–water partition coefficient (Wildman–Crippen LogP) is 2.55. The maximum absolute atomic E-state index is 10.0. The molecule has 0 saturated carbocycles. The quantitative estimate of drug-likeness (QED) is 0.634. The third kappa shape index (κ3) is 5.06. The van der Waals surface area contributed by atoms with E-state index in [1.165, 1.54) is 0 Å². The minimum atomic E-state index is -0.835. The molecule has 0 saturated heterocycles. The van der Waals surface area contributed by atoms with Gasteiger partial charge in [0, 0.05) is 24.5 Å². The van der Waals surface area contributed by atoms with Gasteiger partial charge in [-0.2, -0.15) is 0 Å². The third-order valence-corrected chi connectivity index (χ3v) is 3.51. The maximum atomic E-state index is 10.0. The molecule has 0 fully saturated rings. The largest absolute Gasteiger partial charge is 0.389 e. The molecule has 4 heteroatoms. The smallest absolute Gasteiger partial charge is 0.0988 e. The van der Waals surface area contributed by atoms with E-state index in [1.54, 1.807) is 0 Å². The van der Waals surface area contributed by atoms with Crippen LogP contribution in [-0.2, 0) is 0 Å². The van der Waals surface area contributed by atoms with Crippen LogP contribution in [0.5, 0.6) is 0 Å². The molecular formula is C18H24N2O2. The van der Waals surface area contributed by atoms with Crippen LogP contribution in [0, 0.1) is 13.8 Å². The van der Waals surface area contributed by atoms with E-state index in [4.69, 9.17) is 0 Å². The number of nitrogens with one attached hydrogen (secondary N) is 2. The fourth-order valence-corrected chi connectivity index (χ4v) is 2.23. The summed E-state index contributed by atoms with van der Waals surface area (Å²) in [6.07, 6.45) is -1.67. The average Bonchev–Trinajstić information content (AvgIpc) is 2.50. The zero-order chi connectivity index (χ0) is 15.9. The molecule has 4 nitrogen and oxygen atoms in total. The highest BCUT2D eigenvalue weighted by Gasteiger charge is 2.15. The summed E-state index contributed by atoms with van der Waals surface area (Å²) in [5.41, 5.74) is 4.19. The zero-order valence-electron chi connectivity index (χ0n) is 13.1. The lowest BCUT2D eigenvalue weighted by atomic mass is 10.1. The van der Waals surface area contributed by atoms with Crippen molar-refractivity contribution >= 4 is 11.4 Å². The zero-order valence-corrected chi connectivity index (χ0v) is 13.1. The fraction of sp³-hybridized carbons (Fsp3) is 0.333. The Hall–Kier alpha value is -2.04. The van der Waals surface area contributed by atoms with E-state index in [0.29, 0.717) is 13.1 Å². The lowest BCUT2D eigenvalue weighted by Gasteiger charge is -2.20. The van der Waals surface area contributed by atoms with Gasteiger partial charge in [-0.1, -0.05) is 24.3 Å². The summed E-state index contributed by atoms with van der Waals surface area (Å²) in [6, 6.07) is 15.8. The van der Waals surface area contributed by atoms with Gasteiger partial charge in [0.2, 0.25) is 0 Å². The Morgan fingerprint density at radius 3 is 1.55 bits per heavy atom. The molecule has 0 aliphatic carbocycles. The van der Waals surface area contributed by atoms with Crippen LogP contribution in [0.2, 0.25) is 0 Å². The second-order valence-electron chi connectivity index (χ2n) is 5.64. The number of aryl methyl sites for hydroxylation is 2. The molecule has 0 radical (unpaired) electrons. The van der Waals surface area contributed by atoms with Crippen LogP contribution in [0.4, 0.5) is 11.4 Å². The third-order valence-electron chi connectivity index (χ3n) is 3.51. The summed E-state index contributed by atoms with van der Waals surface area (Å²) in [7, 11) is 0. The van der Waals surface area contributed by atoms with Crippen molar-refractivity contribution in [3.63, 3.8) is 0 Å². The Morgan fingerprint density at radius 2 is 1.18 bits per heavy atom. The van der Waals surface area contributed by atoms with Crippen LogP contribution in [-0.4, -0.2) is 35.5 Å². The van der Waals surface area contributed by atoms with Crippen LogP contribution in [0.25, 0.3) is 0 Å². The molecule has 0 amide bonds. The summed E-state index contributed by atoms with van der Waals surface area (Å²) < 4.78 is 0. The van der Waals surface area contributed by atoms with E-state index in [1.807, 2.05) is 62.4 Å². The molecule has 0 aromatic heterocycles. The minimum Gasteiger partial charge on any atom is -0.389 e. The summed E-state index contributed by atoms with van der Waals surface area (Å²) >= 11 is 0. The standard InChI is InChI=1S/C18H24N2O2/c1-13-5-3-7-15(9-13)19-11-17(21)18(22)12-20-16-8-4-6-14(2)10-16/h3-10,17-22H,11-12H2,1-2H3. The Kier molecular flexibility index (Phi) is 5.81. The lowest BCUT2D eigenvalue weighted by Crippen LogP contribution is -2.37. The molecule has 2 unspecified atom stereocenters. The van der Waals surface area contributed by atoms with Gasteiger partial charge in [-0.05, 0) is 49.2 Å². The predicted molar refractivity (Wildman–Crippen MR) is 91.4 cm³/mol. The molecule has 2 aromatic rings. The van der Waals surface area contributed by atoms with E-state index < -0.39 is 12.2 Å². The second kappa shape index (κ2) is 7.82. The number of hydrogen-bond acceptors (Lipinski definition) is 4. The van der Waals surface area contributed by atoms with Crippen molar-refractivity contribution in [1.82, 2.24) is 0 Å².